The first kappa shape index (κ1) is 58.8. The molecule has 1 atom stereocenters. The average Bonchev–Trinajstić information content (AvgIpc) is 3.29. The molecule has 0 saturated heterocycles. The fourth-order valence-corrected chi connectivity index (χ4v) is 6.18. The zero-order valence-electron chi connectivity index (χ0n) is 40.0. The summed E-state index contributed by atoms with van der Waals surface area (Å²) in [6, 6.07) is 0. The molecule has 5 heteroatoms. The van der Waals surface area contributed by atoms with Crippen molar-refractivity contribution in [1.82, 2.24) is 0 Å². The Balaban J connectivity index is 3.72. The van der Waals surface area contributed by atoms with Crippen molar-refractivity contribution in [3.05, 3.63) is 146 Å². The molecule has 0 radical (unpaired) electrons. The van der Waals surface area contributed by atoms with E-state index >= 15 is 0 Å². The fourth-order valence-electron chi connectivity index (χ4n) is 6.18. The summed E-state index contributed by atoms with van der Waals surface area (Å²) in [7, 11) is 0. The van der Waals surface area contributed by atoms with Crippen LogP contribution in [-0.4, -0.2) is 36.4 Å². The number of carbonyl (C=O) groups is 2. The maximum atomic E-state index is 12.2. The van der Waals surface area contributed by atoms with Crippen molar-refractivity contribution in [2.45, 2.75) is 193 Å². The van der Waals surface area contributed by atoms with Crippen LogP contribution in [0.5, 0.6) is 0 Å². The number of unbranched alkanes of at least 4 members (excludes halogenated alkanes) is 11. The van der Waals surface area contributed by atoms with Gasteiger partial charge in [-0.2, -0.15) is 0 Å². The van der Waals surface area contributed by atoms with E-state index < -0.39 is 6.10 Å². The Morgan fingerprint density at radius 3 is 1.03 bits per heavy atom. The molecule has 0 aliphatic carbocycles. The average molecular weight is 867 g/mol. The van der Waals surface area contributed by atoms with Gasteiger partial charge < -0.3 is 14.6 Å². The predicted octanol–water partition coefficient (Wildman–Crippen LogP) is 16.7. The lowest BCUT2D eigenvalue weighted by atomic mass is 10.1. The van der Waals surface area contributed by atoms with Crippen LogP contribution in [0.3, 0.4) is 0 Å². The van der Waals surface area contributed by atoms with Crippen LogP contribution in [-0.2, 0) is 19.1 Å². The van der Waals surface area contributed by atoms with Gasteiger partial charge in [0.15, 0.2) is 6.10 Å². The Kier molecular flexibility index (Phi) is 48.6. The largest absolute Gasteiger partial charge is 0.462 e. The fraction of sp³-hybridized carbons (Fsp3) is 0.552. The topological polar surface area (TPSA) is 72.8 Å². The van der Waals surface area contributed by atoms with E-state index in [2.05, 4.69) is 160 Å². The molecule has 0 amide bonds. The molecule has 0 aliphatic rings. The van der Waals surface area contributed by atoms with Crippen LogP contribution in [0, 0.1) is 0 Å². The van der Waals surface area contributed by atoms with Crippen molar-refractivity contribution in [3.8, 4) is 0 Å². The molecular weight excluding hydrogens is 777 g/mol. The first-order chi connectivity index (χ1) is 31.1. The molecule has 5 nitrogen and oxygen atoms in total. The highest BCUT2D eigenvalue weighted by Crippen LogP contribution is 2.12. The van der Waals surface area contributed by atoms with Gasteiger partial charge in [0.05, 0.1) is 6.61 Å². The zero-order valence-corrected chi connectivity index (χ0v) is 40.0. The Hall–Kier alpha value is -4.22. The van der Waals surface area contributed by atoms with E-state index in [9.17, 15) is 14.7 Å². The van der Waals surface area contributed by atoms with Crippen molar-refractivity contribution >= 4 is 11.9 Å². The molecule has 0 rings (SSSR count). The Labute approximate surface area is 387 Å². The lowest BCUT2D eigenvalue weighted by Gasteiger charge is -2.15. The van der Waals surface area contributed by atoms with Gasteiger partial charge >= 0.3 is 11.9 Å². The van der Waals surface area contributed by atoms with Crippen molar-refractivity contribution in [2.24, 2.45) is 0 Å². The molecule has 1 unspecified atom stereocenters. The van der Waals surface area contributed by atoms with Crippen LogP contribution in [0.4, 0.5) is 0 Å². The van der Waals surface area contributed by atoms with Gasteiger partial charge in [-0.3, -0.25) is 9.59 Å². The molecule has 0 bridgehead atoms. The summed E-state index contributed by atoms with van der Waals surface area (Å²) < 4.78 is 10.6. The molecule has 352 valence electrons. The van der Waals surface area contributed by atoms with Crippen molar-refractivity contribution in [2.75, 3.05) is 13.2 Å². The van der Waals surface area contributed by atoms with Crippen LogP contribution in [0.1, 0.15) is 187 Å². The number of carbonyl (C=O) groups excluding carboxylic acids is 2. The maximum absolute atomic E-state index is 12.2. The monoisotopic (exact) mass is 867 g/mol. The molecule has 0 aliphatic heterocycles. The Morgan fingerprint density at radius 1 is 0.381 bits per heavy atom. The summed E-state index contributed by atoms with van der Waals surface area (Å²) in [5.41, 5.74) is 0. The molecule has 0 aromatic rings. The number of aliphatic hydroxyl groups is 1. The van der Waals surface area contributed by atoms with Crippen molar-refractivity contribution in [1.29, 1.82) is 0 Å². The number of aliphatic hydroxyl groups excluding tert-OH is 1. The smallest absolute Gasteiger partial charge is 0.306 e. The summed E-state index contributed by atoms with van der Waals surface area (Å²) in [5, 5.41) is 9.56. The Morgan fingerprint density at radius 2 is 0.683 bits per heavy atom. The minimum Gasteiger partial charge on any atom is -0.462 e. The molecule has 0 fully saturated rings. The van der Waals surface area contributed by atoms with E-state index in [-0.39, 0.29) is 25.2 Å². The van der Waals surface area contributed by atoms with E-state index in [0.29, 0.717) is 12.8 Å². The summed E-state index contributed by atoms with van der Waals surface area (Å²) in [6.07, 6.45) is 79.5. The second kappa shape index (κ2) is 52.1. The third-order valence-corrected chi connectivity index (χ3v) is 9.90. The molecule has 1 N–H and O–H groups in total. The number of esters is 2. The van der Waals surface area contributed by atoms with Gasteiger partial charge in [-0.05, 0) is 103 Å². The minimum absolute atomic E-state index is 0.0907. The lowest BCUT2D eigenvalue weighted by Crippen LogP contribution is -2.28. The zero-order chi connectivity index (χ0) is 45.6. The van der Waals surface area contributed by atoms with E-state index in [1.807, 2.05) is 0 Å². The summed E-state index contributed by atoms with van der Waals surface area (Å²) in [6.45, 7) is 3.95. The van der Waals surface area contributed by atoms with Gasteiger partial charge in [-0.15, -0.1) is 0 Å². The van der Waals surface area contributed by atoms with E-state index in [0.717, 1.165) is 116 Å². The summed E-state index contributed by atoms with van der Waals surface area (Å²) in [5.74, 6) is -0.655. The number of hydrogen-bond donors (Lipinski definition) is 1. The second-order valence-corrected chi connectivity index (χ2v) is 15.8. The molecule has 0 spiro atoms. The molecule has 0 saturated carbocycles. The van der Waals surface area contributed by atoms with Crippen LogP contribution < -0.4 is 0 Å². The number of ether oxygens (including phenoxy) is 2. The molecular formula is C58H90O5. The molecule has 0 aromatic heterocycles. The first-order valence-corrected chi connectivity index (χ1v) is 24.9. The SMILES string of the molecule is CC/C=C\C/C=C\C/C=C\C/C=C\C/C=C\C/C=C\C/C=C\C/C=C\C/C=C\C/C=C\C/C=C\C/C=C\CCCCC(=O)OC(CO)COC(=O)CCCCCCCCCCCC. The van der Waals surface area contributed by atoms with Crippen molar-refractivity contribution < 1.29 is 24.2 Å². The highest BCUT2D eigenvalue weighted by Gasteiger charge is 2.16. The van der Waals surface area contributed by atoms with Crippen LogP contribution in [0.15, 0.2) is 146 Å². The predicted molar refractivity (Wildman–Crippen MR) is 274 cm³/mol. The third-order valence-electron chi connectivity index (χ3n) is 9.90. The van der Waals surface area contributed by atoms with E-state index in [1.165, 1.54) is 44.9 Å². The number of hydrogen-bond acceptors (Lipinski definition) is 5. The van der Waals surface area contributed by atoms with Gasteiger partial charge in [0.1, 0.15) is 6.61 Å². The lowest BCUT2D eigenvalue weighted by molar-refractivity contribution is -0.161. The quantitative estimate of drug-likeness (QED) is 0.0375. The van der Waals surface area contributed by atoms with Gasteiger partial charge in [0, 0.05) is 12.8 Å². The molecule has 0 aromatic carbocycles. The normalized spacial score (nSPS) is 13.5. The molecule has 0 heterocycles. The maximum Gasteiger partial charge on any atom is 0.306 e. The highest BCUT2D eigenvalue weighted by molar-refractivity contribution is 5.70. The first-order valence-electron chi connectivity index (χ1n) is 24.9. The standard InChI is InChI=1S/C58H90O5/c1-3-5-7-9-11-13-15-16-17-18-19-20-21-22-23-24-25-26-27-28-29-30-31-32-33-34-35-36-37-38-39-40-41-42-43-45-47-49-51-53-58(61)63-56(54-59)55-62-57(60)52-50-48-46-44-14-12-10-8-6-4-2/h5,7,11,13,16-17,19-20,22-23,25-26,28-29,31-32,34-35,37-38,40-41,43,45,56,59H,3-4,6,8-10,12,14-15,18,21,24,27,30,33,36,39,42,44,46-55H2,1-2H3/b7-5-,13-11-,17-16-,20-19-,23-22-,26-25-,29-28-,32-31-,35-34-,38-37-,41-40-,45-43-. The van der Waals surface area contributed by atoms with Gasteiger partial charge in [0.25, 0.3) is 0 Å². The van der Waals surface area contributed by atoms with Crippen LogP contribution in [0.2, 0.25) is 0 Å². The highest BCUT2D eigenvalue weighted by atomic mass is 16.6. The molecule has 63 heavy (non-hydrogen) atoms. The Bertz CT molecular complexity index is 1400. The van der Waals surface area contributed by atoms with Crippen molar-refractivity contribution in [3.63, 3.8) is 0 Å². The second-order valence-electron chi connectivity index (χ2n) is 15.8. The minimum atomic E-state index is -0.802. The van der Waals surface area contributed by atoms with Gasteiger partial charge in [-0.1, -0.05) is 217 Å². The van der Waals surface area contributed by atoms with Gasteiger partial charge in [0.2, 0.25) is 0 Å². The van der Waals surface area contributed by atoms with E-state index in [4.69, 9.17) is 9.47 Å². The van der Waals surface area contributed by atoms with Crippen LogP contribution in [0.25, 0.3) is 0 Å². The number of allylic oxidation sites excluding steroid dienone is 24. The van der Waals surface area contributed by atoms with Crippen LogP contribution >= 0.6 is 0 Å². The number of rotatable bonds is 43. The summed E-state index contributed by atoms with van der Waals surface area (Å²) in [4.78, 5) is 24.3. The summed E-state index contributed by atoms with van der Waals surface area (Å²) >= 11 is 0. The van der Waals surface area contributed by atoms with E-state index in [1.54, 1.807) is 0 Å². The van der Waals surface area contributed by atoms with Gasteiger partial charge in [-0.25, -0.2) is 0 Å². The third kappa shape index (κ3) is 50.3.